The number of fused-ring (bicyclic) bond motifs is 3. The standard InChI is InChI=1S/C19H23N5O3S/c20-24-12(16(25)23-19(24)26)8-10-6-7-13-14(10)15-17(21-9-22-18(15)28-13)27-11-4-2-1-3-5-11/h9-12H,1-8,20H2,(H,23,25,26)/t10-,12-/m1/s1. The topological polar surface area (TPSA) is 110 Å². The van der Waals surface area contributed by atoms with Crippen LogP contribution >= 0.6 is 11.3 Å². The average molecular weight is 401 g/mol. The first-order chi connectivity index (χ1) is 13.6. The number of hydrogen-bond acceptors (Lipinski definition) is 7. The van der Waals surface area contributed by atoms with E-state index in [-0.39, 0.29) is 17.9 Å². The van der Waals surface area contributed by atoms with Crippen LogP contribution in [-0.2, 0) is 11.2 Å². The lowest BCUT2D eigenvalue weighted by Gasteiger charge is -2.23. The number of aryl methyl sites for hydroxylation is 1. The number of thiophene rings is 1. The molecule has 9 heteroatoms. The van der Waals surface area contributed by atoms with Crippen molar-refractivity contribution in [1.29, 1.82) is 0 Å². The van der Waals surface area contributed by atoms with Crippen LogP contribution in [0.15, 0.2) is 6.33 Å². The molecule has 3 amide bonds. The van der Waals surface area contributed by atoms with Crippen LogP contribution in [0.3, 0.4) is 0 Å². The monoisotopic (exact) mass is 401 g/mol. The predicted octanol–water partition coefficient (Wildman–Crippen LogP) is 2.62. The van der Waals surface area contributed by atoms with E-state index in [1.54, 1.807) is 17.7 Å². The van der Waals surface area contributed by atoms with Crippen molar-refractivity contribution < 1.29 is 14.3 Å². The Morgan fingerprint density at radius 2 is 2.04 bits per heavy atom. The molecule has 2 aromatic heterocycles. The number of nitrogens with two attached hydrogens (primary N) is 1. The van der Waals surface area contributed by atoms with Gasteiger partial charge >= 0.3 is 6.03 Å². The van der Waals surface area contributed by atoms with Crippen LogP contribution in [-0.4, -0.2) is 39.1 Å². The van der Waals surface area contributed by atoms with Gasteiger partial charge in [-0.25, -0.2) is 25.6 Å². The van der Waals surface area contributed by atoms with Gasteiger partial charge in [0.25, 0.3) is 5.91 Å². The third kappa shape index (κ3) is 2.93. The van der Waals surface area contributed by atoms with Gasteiger partial charge in [0, 0.05) is 4.88 Å². The number of carbonyl (C=O) groups is 2. The molecule has 2 atom stereocenters. The maximum absolute atomic E-state index is 12.1. The molecule has 0 bridgehead atoms. The van der Waals surface area contributed by atoms with Gasteiger partial charge in [0.1, 0.15) is 23.3 Å². The molecule has 2 aliphatic carbocycles. The minimum atomic E-state index is -0.634. The van der Waals surface area contributed by atoms with Crippen LogP contribution in [0, 0.1) is 0 Å². The number of urea groups is 1. The van der Waals surface area contributed by atoms with Gasteiger partial charge in [0.15, 0.2) is 0 Å². The molecule has 2 aromatic rings. The van der Waals surface area contributed by atoms with Gasteiger partial charge in [-0.1, -0.05) is 6.42 Å². The molecule has 2 fully saturated rings. The molecule has 1 saturated carbocycles. The van der Waals surface area contributed by atoms with Gasteiger partial charge < -0.3 is 4.74 Å². The summed E-state index contributed by atoms with van der Waals surface area (Å²) in [6, 6.07) is -1.17. The Morgan fingerprint density at radius 1 is 1.21 bits per heavy atom. The molecule has 5 rings (SSSR count). The molecule has 0 radical (unpaired) electrons. The van der Waals surface area contributed by atoms with E-state index < -0.39 is 12.1 Å². The first kappa shape index (κ1) is 17.8. The SMILES string of the molecule is NN1C(=O)NC(=O)[C@H]1C[C@H]1CCc2sc3ncnc(OC4CCCCC4)c3c21. The summed E-state index contributed by atoms with van der Waals surface area (Å²) >= 11 is 1.68. The highest BCUT2D eigenvalue weighted by Crippen LogP contribution is 2.48. The molecule has 148 valence electrons. The normalized spacial score (nSPS) is 25.4. The van der Waals surface area contributed by atoms with E-state index in [0.29, 0.717) is 12.3 Å². The number of aromatic nitrogens is 2. The Balaban J connectivity index is 1.47. The molecule has 0 unspecified atom stereocenters. The van der Waals surface area contributed by atoms with Crippen LogP contribution in [0.1, 0.15) is 61.3 Å². The molecule has 3 heterocycles. The predicted molar refractivity (Wildman–Crippen MR) is 104 cm³/mol. The van der Waals surface area contributed by atoms with Crippen molar-refractivity contribution in [2.75, 3.05) is 0 Å². The zero-order valence-corrected chi connectivity index (χ0v) is 16.3. The fourth-order valence-corrected chi connectivity index (χ4v) is 5.95. The van der Waals surface area contributed by atoms with Gasteiger partial charge in [0.2, 0.25) is 5.88 Å². The molecule has 28 heavy (non-hydrogen) atoms. The van der Waals surface area contributed by atoms with Gasteiger partial charge in [-0.05, 0) is 56.4 Å². The lowest BCUT2D eigenvalue weighted by molar-refractivity contribution is -0.121. The van der Waals surface area contributed by atoms with E-state index in [4.69, 9.17) is 10.6 Å². The van der Waals surface area contributed by atoms with Gasteiger partial charge in [-0.15, -0.1) is 11.3 Å². The Labute approximate surface area is 166 Å². The minimum absolute atomic E-state index is 0.135. The molecular formula is C19H23N5O3S. The summed E-state index contributed by atoms with van der Waals surface area (Å²) in [5, 5.41) is 4.30. The Hall–Kier alpha value is -2.26. The molecular weight excluding hydrogens is 378 g/mol. The number of rotatable bonds is 4. The van der Waals surface area contributed by atoms with E-state index in [1.165, 1.54) is 29.7 Å². The van der Waals surface area contributed by atoms with Crippen molar-refractivity contribution in [3.05, 3.63) is 16.8 Å². The van der Waals surface area contributed by atoms with E-state index in [0.717, 1.165) is 40.9 Å². The second-order valence-electron chi connectivity index (χ2n) is 7.86. The third-order valence-electron chi connectivity index (χ3n) is 6.14. The third-order valence-corrected chi connectivity index (χ3v) is 7.31. The number of nitrogens with one attached hydrogen (secondary N) is 1. The summed E-state index contributed by atoms with van der Waals surface area (Å²) in [5.41, 5.74) is 1.19. The van der Waals surface area contributed by atoms with E-state index in [1.807, 2.05) is 0 Å². The number of imide groups is 1. The van der Waals surface area contributed by atoms with E-state index in [2.05, 4.69) is 15.3 Å². The molecule has 1 aliphatic heterocycles. The molecule has 0 spiro atoms. The fraction of sp³-hybridized carbons (Fsp3) is 0.579. The zero-order chi connectivity index (χ0) is 19.3. The summed E-state index contributed by atoms with van der Waals surface area (Å²) in [4.78, 5) is 35.0. The molecule has 8 nitrogen and oxygen atoms in total. The Bertz CT molecular complexity index is 939. The summed E-state index contributed by atoms with van der Waals surface area (Å²) in [5.74, 6) is 6.28. The lowest BCUT2D eigenvalue weighted by Crippen LogP contribution is -2.41. The van der Waals surface area contributed by atoms with Crippen LogP contribution < -0.4 is 15.9 Å². The van der Waals surface area contributed by atoms with Crippen LogP contribution in [0.2, 0.25) is 0 Å². The molecule has 3 N–H and O–H groups in total. The summed E-state index contributed by atoms with van der Waals surface area (Å²) in [6.45, 7) is 0. The number of amides is 3. The van der Waals surface area contributed by atoms with Crippen molar-refractivity contribution in [2.45, 2.75) is 69.4 Å². The quantitative estimate of drug-likeness (QED) is 0.463. The second-order valence-corrected chi connectivity index (χ2v) is 8.95. The summed E-state index contributed by atoms with van der Waals surface area (Å²) in [6.07, 6.45) is 9.95. The first-order valence-electron chi connectivity index (χ1n) is 9.93. The van der Waals surface area contributed by atoms with Crippen molar-refractivity contribution in [3.63, 3.8) is 0 Å². The highest BCUT2D eigenvalue weighted by molar-refractivity contribution is 7.19. The van der Waals surface area contributed by atoms with E-state index >= 15 is 0 Å². The largest absolute Gasteiger partial charge is 0.474 e. The Kier molecular flexibility index (Phi) is 4.43. The van der Waals surface area contributed by atoms with Crippen molar-refractivity contribution in [3.8, 4) is 5.88 Å². The molecule has 0 aromatic carbocycles. The van der Waals surface area contributed by atoms with Crippen molar-refractivity contribution >= 4 is 33.5 Å². The molecule has 1 saturated heterocycles. The average Bonchev–Trinajstić information content (AvgIpc) is 3.32. The zero-order valence-electron chi connectivity index (χ0n) is 15.5. The van der Waals surface area contributed by atoms with Crippen molar-refractivity contribution in [2.24, 2.45) is 5.84 Å². The Morgan fingerprint density at radius 3 is 2.79 bits per heavy atom. The summed E-state index contributed by atoms with van der Waals surface area (Å²) in [7, 11) is 0. The summed E-state index contributed by atoms with van der Waals surface area (Å²) < 4.78 is 6.32. The van der Waals surface area contributed by atoms with Crippen LogP contribution in [0.5, 0.6) is 5.88 Å². The maximum Gasteiger partial charge on any atom is 0.338 e. The number of hydrogen-bond donors (Lipinski definition) is 2. The molecule has 3 aliphatic rings. The minimum Gasteiger partial charge on any atom is -0.474 e. The maximum atomic E-state index is 12.1. The van der Waals surface area contributed by atoms with Crippen LogP contribution in [0.25, 0.3) is 10.2 Å². The number of ether oxygens (including phenoxy) is 1. The van der Waals surface area contributed by atoms with Gasteiger partial charge in [-0.2, -0.15) is 0 Å². The van der Waals surface area contributed by atoms with Crippen molar-refractivity contribution in [1.82, 2.24) is 20.3 Å². The highest BCUT2D eigenvalue weighted by Gasteiger charge is 2.41. The lowest BCUT2D eigenvalue weighted by atomic mass is 9.93. The number of hydrazine groups is 1. The fourth-order valence-electron chi connectivity index (χ4n) is 4.72. The van der Waals surface area contributed by atoms with E-state index in [9.17, 15) is 9.59 Å². The van der Waals surface area contributed by atoms with Gasteiger partial charge in [0.05, 0.1) is 5.39 Å². The smallest absolute Gasteiger partial charge is 0.338 e. The van der Waals surface area contributed by atoms with Crippen LogP contribution in [0.4, 0.5) is 4.79 Å². The van der Waals surface area contributed by atoms with Gasteiger partial charge in [-0.3, -0.25) is 10.1 Å². The first-order valence-corrected chi connectivity index (χ1v) is 10.7. The highest BCUT2D eigenvalue weighted by atomic mass is 32.1. The number of nitrogens with zero attached hydrogens (tertiary/aromatic N) is 3. The number of carbonyl (C=O) groups excluding carboxylic acids is 2. The second kappa shape index (κ2) is 6.97.